The van der Waals surface area contributed by atoms with Gasteiger partial charge >= 0.3 is 17.1 Å². The summed E-state index contributed by atoms with van der Waals surface area (Å²) in [4.78, 5) is 0. The molecule has 0 unspecified atom stereocenters. The minimum Gasteiger partial charge on any atom is -0.293 e. The van der Waals surface area contributed by atoms with Gasteiger partial charge in [0.25, 0.3) is 0 Å². The molecular weight excluding hydrogens is 307 g/mol. The zero-order valence-electron chi connectivity index (χ0n) is 11.2. The van der Waals surface area contributed by atoms with E-state index in [0.29, 0.717) is 0 Å². The van der Waals surface area contributed by atoms with E-state index in [9.17, 15) is 0 Å². The molecule has 0 N–H and O–H groups in total. The quantitative estimate of drug-likeness (QED) is 0.418. The van der Waals surface area contributed by atoms with Crippen molar-refractivity contribution >= 4 is 0 Å². The maximum absolute atomic E-state index is 4.78. The second kappa shape index (κ2) is 8.63. The van der Waals surface area contributed by atoms with Crippen LogP contribution >= 0.6 is 0 Å². The molecular formula is C14H14MnN6. The Balaban J connectivity index is 0.000000397. The molecule has 3 heterocycles. The van der Waals surface area contributed by atoms with Gasteiger partial charge in [0.15, 0.2) is 6.29 Å². The molecule has 0 aliphatic heterocycles. The van der Waals surface area contributed by atoms with Crippen molar-refractivity contribution < 1.29 is 17.1 Å². The molecule has 3 rings (SSSR count). The van der Waals surface area contributed by atoms with Crippen LogP contribution < -0.4 is 0 Å². The molecule has 0 saturated carbocycles. The number of hydrogen-bond acceptors (Lipinski definition) is 3. The monoisotopic (exact) mass is 321 g/mol. The van der Waals surface area contributed by atoms with Gasteiger partial charge in [-0.1, -0.05) is 18.2 Å². The summed E-state index contributed by atoms with van der Waals surface area (Å²) in [5.41, 5.74) is 0. The van der Waals surface area contributed by atoms with E-state index in [4.69, 9.17) is 6.58 Å². The third-order valence-corrected chi connectivity index (χ3v) is 2.26. The van der Waals surface area contributed by atoms with Crippen LogP contribution in [0.25, 0.3) is 0 Å². The summed E-state index contributed by atoms with van der Waals surface area (Å²) in [5.74, 6) is 0. The fraction of sp³-hybridized carbons (Fsp3) is 0. The summed E-state index contributed by atoms with van der Waals surface area (Å²) in [6.45, 7) is 8.08. The van der Waals surface area contributed by atoms with Crippen molar-refractivity contribution in [3.05, 3.63) is 87.0 Å². The topological polar surface area (TPSA) is 53.5 Å². The van der Waals surface area contributed by atoms with Gasteiger partial charge in [0.1, 0.15) is 0 Å². The second-order valence-electron chi connectivity index (χ2n) is 3.58. The molecule has 3 aromatic rings. The molecule has 0 saturated heterocycles. The Labute approximate surface area is 133 Å². The fourth-order valence-electron chi connectivity index (χ4n) is 1.48. The van der Waals surface area contributed by atoms with Crippen molar-refractivity contribution in [2.75, 3.05) is 0 Å². The Kier molecular flexibility index (Phi) is 6.80. The Morgan fingerprint density at radius 2 is 1.19 bits per heavy atom. The molecule has 0 atom stereocenters. The van der Waals surface area contributed by atoms with Gasteiger partial charge in [-0.25, -0.2) is 12.2 Å². The van der Waals surface area contributed by atoms with Crippen molar-refractivity contribution in [2.45, 2.75) is 0 Å². The summed E-state index contributed by atoms with van der Waals surface area (Å²) in [6, 6.07) is 5.56. The SMILES string of the molecule is [CH-]=CC=C.[Mn+2].c1cnn([C-](n2cccn2)n2cccn2)c1. The summed E-state index contributed by atoms with van der Waals surface area (Å²) >= 11 is 0. The molecule has 3 aromatic heterocycles. The third kappa shape index (κ3) is 4.24. The van der Waals surface area contributed by atoms with Crippen LogP contribution in [0.4, 0.5) is 0 Å². The second-order valence-corrected chi connectivity index (χ2v) is 3.58. The van der Waals surface area contributed by atoms with Crippen LogP contribution in [0.3, 0.4) is 0 Å². The zero-order chi connectivity index (χ0) is 14.2. The van der Waals surface area contributed by atoms with Gasteiger partial charge in [0.05, 0.1) is 0 Å². The predicted octanol–water partition coefficient (Wildman–Crippen LogP) is 1.83. The van der Waals surface area contributed by atoms with Gasteiger partial charge in [-0.05, 0) is 18.6 Å². The van der Waals surface area contributed by atoms with E-state index in [1.165, 1.54) is 12.2 Å². The Morgan fingerprint density at radius 3 is 1.38 bits per heavy atom. The largest absolute Gasteiger partial charge is 2.00 e. The third-order valence-electron chi connectivity index (χ3n) is 2.26. The van der Waals surface area contributed by atoms with Crippen molar-refractivity contribution in [3.8, 4) is 0 Å². The standard InChI is InChI=1S/C10H9N6.C4H5.Mn/c1-4-11-14(7-1)10(15-8-2-5-12-15)16-9-3-6-13-16;1-3-4-2;/h1-9H;1,3-4H,2H2;/q2*-1;+2. The number of rotatable bonds is 4. The molecule has 7 heteroatoms. The van der Waals surface area contributed by atoms with Gasteiger partial charge in [0, 0.05) is 18.6 Å². The van der Waals surface area contributed by atoms with Crippen molar-refractivity contribution in [1.29, 1.82) is 0 Å². The number of aromatic nitrogens is 6. The number of hydrogen-bond donors (Lipinski definition) is 0. The summed E-state index contributed by atoms with van der Waals surface area (Å²) in [7, 11) is 0. The van der Waals surface area contributed by atoms with Crippen LogP contribution in [0.5, 0.6) is 0 Å². The predicted molar refractivity (Wildman–Crippen MR) is 75.2 cm³/mol. The van der Waals surface area contributed by atoms with E-state index in [1.54, 1.807) is 32.6 Å². The van der Waals surface area contributed by atoms with E-state index >= 15 is 0 Å². The molecule has 0 amide bonds. The van der Waals surface area contributed by atoms with E-state index < -0.39 is 0 Å². The molecule has 6 nitrogen and oxygen atoms in total. The van der Waals surface area contributed by atoms with Crippen molar-refractivity contribution in [2.24, 2.45) is 0 Å². The maximum Gasteiger partial charge on any atom is 2.00 e. The summed E-state index contributed by atoms with van der Waals surface area (Å²) in [6.07, 6.45) is 14.3. The summed E-state index contributed by atoms with van der Waals surface area (Å²) < 4.78 is 5.12. The molecule has 0 bridgehead atoms. The normalized spacial score (nSPS) is 8.95. The average Bonchev–Trinajstić information content (AvgIpc) is 3.23. The Bertz CT molecular complexity index is 525. The smallest absolute Gasteiger partial charge is 0.293 e. The van der Waals surface area contributed by atoms with Crippen LogP contribution in [0.1, 0.15) is 0 Å². The van der Waals surface area contributed by atoms with Crippen molar-refractivity contribution in [1.82, 2.24) is 29.3 Å². The molecule has 0 aliphatic rings. The molecule has 0 aliphatic carbocycles. The van der Waals surface area contributed by atoms with Crippen LogP contribution in [-0.4, -0.2) is 29.3 Å². The molecule has 107 valence electrons. The number of allylic oxidation sites excluding steroid dienone is 2. The van der Waals surface area contributed by atoms with Crippen LogP contribution in [0.2, 0.25) is 0 Å². The van der Waals surface area contributed by atoms with Gasteiger partial charge in [-0.2, -0.15) is 21.9 Å². The first-order chi connectivity index (χ1) is 9.86. The first-order valence-electron chi connectivity index (χ1n) is 5.89. The first-order valence-corrected chi connectivity index (χ1v) is 5.89. The molecule has 0 aromatic carbocycles. The maximum atomic E-state index is 4.78. The minimum absolute atomic E-state index is 0. The Morgan fingerprint density at radius 1 is 0.857 bits per heavy atom. The van der Waals surface area contributed by atoms with E-state index in [2.05, 4.69) is 21.9 Å². The van der Waals surface area contributed by atoms with Gasteiger partial charge in [-0.3, -0.25) is 20.6 Å². The van der Waals surface area contributed by atoms with E-state index in [-0.39, 0.29) is 17.1 Å². The first kappa shape index (κ1) is 16.6. The van der Waals surface area contributed by atoms with Gasteiger partial charge in [-0.15, -0.1) is 0 Å². The average molecular weight is 321 g/mol. The van der Waals surface area contributed by atoms with Crippen LogP contribution in [-0.2, 0) is 17.1 Å². The van der Waals surface area contributed by atoms with Gasteiger partial charge < -0.3 is 0 Å². The molecule has 0 fully saturated rings. The fourth-order valence-corrected chi connectivity index (χ4v) is 1.48. The van der Waals surface area contributed by atoms with Crippen molar-refractivity contribution in [3.63, 3.8) is 0 Å². The van der Waals surface area contributed by atoms with E-state index in [0.717, 1.165) is 6.29 Å². The molecule has 21 heavy (non-hydrogen) atoms. The molecule has 0 spiro atoms. The molecule has 1 radical (unpaired) electrons. The van der Waals surface area contributed by atoms with E-state index in [1.807, 2.05) is 36.8 Å². The minimum atomic E-state index is 0. The van der Waals surface area contributed by atoms with Crippen LogP contribution in [0, 0.1) is 12.9 Å². The number of nitrogens with zero attached hydrogens (tertiary/aromatic N) is 6. The van der Waals surface area contributed by atoms with Crippen LogP contribution in [0.15, 0.2) is 74.1 Å². The van der Waals surface area contributed by atoms with Gasteiger partial charge in [0.2, 0.25) is 0 Å². The Hall–Kier alpha value is -2.50. The zero-order valence-corrected chi connectivity index (χ0v) is 12.4. The summed E-state index contributed by atoms with van der Waals surface area (Å²) in [5, 5.41) is 12.6.